The van der Waals surface area contributed by atoms with E-state index in [0.29, 0.717) is 23.9 Å². The first-order valence-electron chi connectivity index (χ1n) is 7.59. The second-order valence-electron chi connectivity index (χ2n) is 5.30. The number of ether oxygens (including phenoxy) is 1. The van der Waals surface area contributed by atoms with Crippen molar-refractivity contribution in [2.45, 2.75) is 6.92 Å². The Hall–Kier alpha value is -2.80. The third kappa shape index (κ3) is 5.96. The van der Waals surface area contributed by atoms with E-state index in [1.807, 2.05) is 13.0 Å². The molecule has 0 aliphatic rings. The van der Waals surface area contributed by atoms with Gasteiger partial charge in [-0.2, -0.15) is 0 Å². The summed E-state index contributed by atoms with van der Waals surface area (Å²) in [6, 6.07) is 11.4. The highest BCUT2D eigenvalue weighted by Crippen LogP contribution is 2.25. The van der Waals surface area contributed by atoms with Crippen molar-refractivity contribution in [1.82, 2.24) is 5.32 Å². The minimum absolute atomic E-state index is 0.0332. The molecule has 2 aromatic carbocycles. The van der Waals surface area contributed by atoms with Crippen LogP contribution in [0.25, 0.3) is 0 Å². The average Bonchev–Trinajstić information content (AvgIpc) is 2.60. The number of nitro benzene ring substituents is 1. The molecule has 0 spiro atoms. The Kier molecular flexibility index (Phi) is 6.59. The molecule has 0 saturated carbocycles. The Balaban J connectivity index is 1.68. The summed E-state index contributed by atoms with van der Waals surface area (Å²) in [7, 11) is 0. The van der Waals surface area contributed by atoms with Crippen LogP contribution in [-0.4, -0.2) is 30.5 Å². The highest BCUT2D eigenvalue weighted by molar-refractivity contribution is 6.32. The van der Waals surface area contributed by atoms with E-state index in [1.54, 1.807) is 24.3 Å². The summed E-state index contributed by atoms with van der Waals surface area (Å²) in [5.74, 6) is 0.212. The number of carbonyl (C=O) groups is 1. The summed E-state index contributed by atoms with van der Waals surface area (Å²) in [5, 5.41) is 16.8. The SMILES string of the molecule is Cc1ccc(Cl)c(OCC(=O)NCCNc2ccc([N+](=O)[O-])cc2)c1. The largest absolute Gasteiger partial charge is 0.482 e. The number of hydrogen-bond acceptors (Lipinski definition) is 5. The Morgan fingerprint density at radius 1 is 1.20 bits per heavy atom. The van der Waals surface area contributed by atoms with Crippen LogP contribution in [0.4, 0.5) is 11.4 Å². The summed E-state index contributed by atoms with van der Waals surface area (Å²) in [4.78, 5) is 21.9. The summed E-state index contributed by atoms with van der Waals surface area (Å²) in [6.45, 7) is 2.66. The molecule has 0 atom stereocenters. The van der Waals surface area contributed by atoms with Gasteiger partial charge in [0.25, 0.3) is 11.6 Å². The molecule has 2 rings (SSSR count). The molecule has 0 bridgehead atoms. The number of hydrogen-bond donors (Lipinski definition) is 2. The lowest BCUT2D eigenvalue weighted by Crippen LogP contribution is -2.32. The van der Waals surface area contributed by atoms with Crippen molar-refractivity contribution >= 4 is 28.9 Å². The van der Waals surface area contributed by atoms with Gasteiger partial charge in [0.1, 0.15) is 5.75 Å². The second-order valence-corrected chi connectivity index (χ2v) is 5.71. The number of carbonyl (C=O) groups excluding carboxylic acids is 1. The van der Waals surface area contributed by atoms with Crippen LogP contribution in [0.2, 0.25) is 5.02 Å². The quantitative estimate of drug-likeness (QED) is 0.427. The third-order valence-corrected chi connectivity index (χ3v) is 3.61. The molecule has 0 aliphatic heterocycles. The van der Waals surface area contributed by atoms with Gasteiger partial charge in [0.05, 0.1) is 9.95 Å². The molecule has 7 nitrogen and oxygen atoms in total. The van der Waals surface area contributed by atoms with Crippen molar-refractivity contribution in [1.29, 1.82) is 0 Å². The van der Waals surface area contributed by atoms with Gasteiger partial charge < -0.3 is 15.4 Å². The molecule has 25 heavy (non-hydrogen) atoms. The number of nitro groups is 1. The zero-order valence-electron chi connectivity index (χ0n) is 13.6. The van der Waals surface area contributed by atoms with Crippen LogP contribution in [0.1, 0.15) is 5.56 Å². The first-order chi connectivity index (χ1) is 12.0. The number of benzene rings is 2. The molecule has 0 aliphatic carbocycles. The summed E-state index contributed by atoms with van der Waals surface area (Å²) in [6.07, 6.45) is 0. The maximum atomic E-state index is 11.8. The van der Waals surface area contributed by atoms with Crippen molar-refractivity contribution in [2.24, 2.45) is 0 Å². The predicted molar refractivity (Wildman–Crippen MR) is 96.3 cm³/mol. The molecular weight excluding hydrogens is 346 g/mol. The van der Waals surface area contributed by atoms with Crippen LogP contribution >= 0.6 is 11.6 Å². The molecular formula is C17H18ClN3O4. The van der Waals surface area contributed by atoms with Gasteiger partial charge in [-0.05, 0) is 36.8 Å². The van der Waals surface area contributed by atoms with Gasteiger partial charge in [0.2, 0.25) is 0 Å². The predicted octanol–water partition coefficient (Wildman–Crippen LogP) is 3.16. The lowest BCUT2D eigenvalue weighted by molar-refractivity contribution is -0.384. The molecule has 0 fully saturated rings. The Bertz CT molecular complexity index is 750. The van der Waals surface area contributed by atoms with Gasteiger partial charge >= 0.3 is 0 Å². The minimum Gasteiger partial charge on any atom is -0.482 e. The molecule has 132 valence electrons. The molecule has 8 heteroatoms. The summed E-state index contributed by atoms with van der Waals surface area (Å²) >= 11 is 6.00. The van der Waals surface area contributed by atoms with E-state index in [-0.39, 0.29) is 18.2 Å². The van der Waals surface area contributed by atoms with Crippen molar-refractivity contribution in [2.75, 3.05) is 25.0 Å². The molecule has 0 saturated heterocycles. The molecule has 0 aromatic heterocycles. The van der Waals surface area contributed by atoms with Gasteiger partial charge in [0.15, 0.2) is 6.61 Å². The van der Waals surface area contributed by atoms with Crippen molar-refractivity contribution < 1.29 is 14.5 Å². The number of anilines is 1. The number of halogens is 1. The number of nitrogens with one attached hydrogen (secondary N) is 2. The van der Waals surface area contributed by atoms with E-state index < -0.39 is 4.92 Å². The summed E-state index contributed by atoms with van der Waals surface area (Å²) in [5.41, 5.74) is 1.76. The maximum absolute atomic E-state index is 11.8. The molecule has 0 radical (unpaired) electrons. The first-order valence-corrected chi connectivity index (χ1v) is 7.97. The smallest absolute Gasteiger partial charge is 0.269 e. The van der Waals surface area contributed by atoms with Crippen LogP contribution in [0.3, 0.4) is 0 Å². The maximum Gasteiger partial charge on any atom is 0.269 e. The molecule has 2 aromatic rings. The third-order valence-electron chi connectivity index (χ3n) is 3.30. The van der Waals surface area contributed by atoms with Gasteiger partial charge in [-0.25, -0.2) is 0 Å². The number of amides is 1. The molecule has 0 heterocycles. The van der Waals surface area contributed by atoms with E-state index in [2.05, 4.69) is 10.6 Å². The Morgan fingerprint density at radius 3 is 2.60 bits per heavy atom. The number of rotatable bonds is 8. The van der Waals surface area contributed by atoms with Crippen molar-refractivity contribution in [3.8, 4) is 5.75 Å². The molecule has 1 amide bonds. The van der Waals surface area contributed by atoms with E-state index in [9.17, 15) is 14.9 Å². The van der Waals surface area contributed by atoms with Crippen LogP contribution in [0.5, 0.6) is 5.75 Å². The van der Waals surface area contributed by atoms with Gasteiger partial charge in [-0.15, -0.1) is 0 Å². The summed E-state index contributed by atoms with van der Waals surface area (Å²) < 4.78 is 5.40. The Labute approximate surface area is 150 Å². The molecule has 2 N–H and O–H groups in total. The zero-order chi connectivity index (χ0) is 18.2. The topological polar surface area (TPSA) is 93.5 Å². The van der Waals surface area contributed by atoms with Crippen LogP contribution < -0.4 is 15.4 Å². The van der Waals surface area contributed by atoms with Gasteiger partial charge in [-0.1, -0.05) is 17.7 Å². The zero-order valence-corrected chi connectivity index (χ0v) is 14.4. The second kappa shape index (κ2) is 8.89. The van der Waals surface area contributed by atoms with E-state index in [0.717, 1.165) is 11.3 Å². The average molecular weight is 364 g/mol. The van der Waals surface area contributed by atoms with Gasteiger partial charge in [-0.3, -0.25) is 14.9 Å². The van der Waals surface area contributed by atoms with E-state index in [4.69, 9.17) is 16.3 Å². The fourth-order valence-corrected chi connectivity index (χ4v) is 2.20. The van der Waals surface area contributed by atoms with Crippen LogP contribution in [0, 0.1) is 17.0 Å². The standard InChI is InChI=1S/C17H18ClN3O4/c1-12-2-7-15(18)16(10-12)25-11-17(22)20-9-8-19-13-3-5-14(6-4-13)21(23)24/h2-7,10,19H,8-9,11H2,1H3,(H,20,22). The van der Waals surface area contributed by atoms with Crippen LogP contribution in [0.15, 0.2) is 42.5 Å². The monoisotopic (exact) mass is 363 g/mol. The van der Waals surface area contributed by atoms with Crippen LogP contribution in [-0.2, 0) is 4.79 Å². The van der Waals surface area contributed by atoms with E-state index >= 15 is 0 Å². The number of nitrogens with zero attached hydrogens (tertiary/aromatic N) is 1. The lowest BCUT2D eigenvalue weighted by Gasteiger charge is -2.10. The van der Waals surface area contributed by atoms with Gasteiger partial charge in [0, 0.05) is 30.9 Å². The Morgan fingerprint density at radius 2 is 1.92 bits per heavy atom. The minimum atomic E-state index is -0.454. The highest BCUT2D eigenvalue weighted by Gasteiger charge is 2.06. The van der Waals surface area contributed by atoms with Crippen molar-refractivity contribution in [3.63, 3.8) is 0 Å². The normalized spacial score (nSPS) is 10.2. The highest BCUT2D eigenvalue weighted by atomic mass is 35.5. The fraction of sp³-hybridized carbons (Fsp3) is 0.235. The number of aryl methyl sites for hydroxylation is 1. The first kappa shape index (κ1) is 18.5. The number of non-ortho nitro benzene ring substituents is 1. The van der Waals surface area contributed by atoms with Crippen molar-refractivity contribution in [3.05, 3.63) is 63.2 Å². The van der Waals surface area contributed by atoms with E-state index in [1.165, 1.54) is 12.1 Å². The molecule has 0 unspecified atom stereocenters. The fourth-order valence-electron chi connectivity index (χ4n) is 2.03. The lowest BCUT2D eigenvalue weighted by atomic mass is 10.2.